The molecule has 1 aliphatic carbocycles. The Balaban J connectivity index is 1.44. The lowest BCUT2D eigenvalue weighted by Gasteiger charge is -2.31. The molecular formula is C28H28FN5O3. The van der Waals surface area contributed by atoms with Crippen LogP contribution in [0.15, 0.2) is 59.5 Å². The monoisotopic (exact) mass is 501 g/mol. The number of halogens is 1. The predicted molar refractivity (Wildman–Crippen MR) is 141 cm³/mol. The number of nitrogens with two attached hydrogens (primary N) is 1. The second kappa shape index (κ2) is 10.5. The maximum Gasteiger partial charge on any atom is 0.288 e. The Morgan fingerprint density at radius 1 is 1.19 bits per heavy atom. The molecule has 1 aliphatic rings. The fraction of sp³-hybridized carbons (Fsp3) is 0.286. The van der Waals surface area contributed by atoms with Crippen molar-refractivity contribution < 1.29 is 14.2 Å². The van der Waals surface area contributed by atoms with Gasteiger partial charge in [-0.2, -0.15) is 5.10 Å². The molecule has 1 unspecified atom stereocenters. The molecule has 2 aromatic carbocycles. The number of hydrogen-bond acceptors (Lipinski definition) is 6. The molecule has 0 spiro atoms. The Hall–Kier alpha value is -4.13. The number of aromatic amines is 1. The van der Waals surface area contributed by atoms with Gasteiger partial charge in [0.25, 0.3) is 5.56 Å². The summed E-state index contributed by atoms with van der Waals surface area (Å²) in [5, 5.41) is 20.2. The summed E-state index contributed by atoms with van der Waals surface area (Å²) in [7, 11) is 0. The van der Waals surface area contributed by atoms with Crippen LogP contribution in [0.1, 0.15) is 38.6 Å². The highest BCUT2D eigenvalue weighted by Gasteiger charge is 2.27. The molecule has 9 heteroatoms. The van der Waals surface area contributed by atoms with Crippen LogP contribution in [0.3, 0.4) is 0 Å². The van der Waals surface area contributed by atoms with Crippen molar-refractivity contribution in [3.8, 4) is 34.5 Å². The van der Waals surface area contributed by atoms with Crippen LogP contribution in [0.4, 0.5) is 10.2 Å². The minimum Gasteiger partial charge on any atom is -0.454 e. The van der Waals surface area contributed by atoms with Crippen LogP contribution in [-0.4, -0.2) is 32.1 Å². The van der Waals surface area contributed by atoms with Gasteiger partial charge in [-0.15, -0.1) is 5.92 Å². The smallest absolute Gasteiger partial charge is 0.288 e. The van der Waals surface area contributed by atoms with Crippen LogP contribution in [-0.2, 0) is 0 Å². The number of nitrogens with one attached hydrogen (secondary N) is 2. The largest absolute Gasteiger partial charge is 0.454 e. The lowest BCUT2D eigenvalue weighted by molar-refractivity contribution is 0.156. The molecule has 0 amide bonds. The number of anilines is 1. The van der Waals surface area contributed by atoms with Crippen molar-refractivity contribution in [3.05, 3.63) is 70.9 Å². The fourth-order valence-electron chi connectivity index (χ4n) is 5.02. The standard InChI is InChI=1S/C28H28FN5O3/c1-2-5-24(35)31-18-10-12-19(13-11-18)34-16-21(25-26(34)28(36)33-32-27(25)30)17-8-14-20(15-9-17)37-23-7-4-3-6-22(23)29/h3-4,6-9,14-16,18-19,24,31,35H,10-13H2,1H3,(H2,30,32)(H,33,36)/t18-,19+,24?. The van der Waals surface area contributed by atoms with E-state index in [1.807, 2.05) is 22.9 Å². The first kappa shape index (κ1) is 24.6. The maximum absolute atomic E-state index is 14.0. The van der Waals surface area contributed by atoms with Crippen molar-refractivity contribution in [1.82, 2.24) is 20.1 Å². The van der Waals surface area contributed by atoms with Crippen LogP contribution in [0.2, 0.25) is 0 Å². The van der Waals surface area contributed by atoms with Gasteiger partial charge in [0.15, 0.2) is 23.6 Å². The first-order valence-electron chi connectivity index (χ1n) is 12.2. The molecule has 5 N–H and O–H groups in total. The molecule has 0 aliphatic heterocycles. The number of hydrogen-bond donors (Lipinski definition) is 4. The highest BCUT2D eigenvalue weighted by atomic mass is 19.1. The zero-order valence-corrected chi connectivity index (χ0v) is 20.4. The van der Waals surface area contributed by atoms with Gasteiger partial charge in [0.2, 0.25) is 0 Å². The molecule has 4 aromatic rings. The molecule has 5 rings (SSSR count). The normalized spacial score (nSPS) is 18.2. The van der Waals surface area contributed by atoms with E-state index in [0.29, 0.717) is 16.7 Å². The Morgan fingerprint density at radius 2 is 1.92 bits per heavy atom. The summed E-state index contributed by atoms with van der Waals surface area (Å²) in [5.74, 6) is 5.86. The van der Waals surface area contributed by atoms with E-state index in [2.05, 4.69) is 27.4 Å². The second-order valence-electron chi connectivity index (χ2n) is 9.14. The Labute approximate surface area is 213 Å². The summed E-state index contributed by atoms with van der Waals surface area (Å²) < 4.78 is 21.7. The van der Waals surface area contributed by atoms with Crippen LogP contribution >= 0.6 is 0 Å². The molecule has 0 bridgehead atoms. The number of H-pyrrole nitrogens is 1. The molecular weight excluding hydrogens is 473 g/mol. The number of aliphatic hydroxyl groups is 1. The summed E-state index contributed by atoms with van der Waals surface area (Å²) >= 11 is 0. The molecule has 1 atom stereocenters. The van der Waals surface area contributed by atoms with Crippen LogP contribution < -0.4 is 21.3 Å². The molecule has 8 nitrogen and oxygen atoms in total. The second-order valence-corrected chi connectivity index (χ2v) is 9.14. The number of para-hydroxylation sites is 1. The van der Waals surface area contributed by atoms with Crippen LogP contribution in [0.5, 0.6) is 11.5 Å². The first-order chi connectivity index (χ1) is 17.9. The number of rotatable bonds is 6. The van der Waals surface area contributed by atoms with E-state index in [0.717, 1.165) is 36.8 Å². The van der Waals surface area contributed by atoms with E-state index < -0.39 is 12.0 Å². The Morgan fingerprint density at radius 3 is 2.62 bits per heavy atom. The predicted octanol–water partition coefficient (Wildman–Crippen LogP) is 4.32. The van der Waals surface area contributed by atoms with Gasteiger partial charge < -0.3 is 20.1 Å². The van der Waals surface area contributed by atoms with Gasteiger partial charge in [-0.1, -0.05) is 30.2 Å². The van der Waals surface area contributed by atoms with Gasteiger partial charge in [0.05, 0.1) is 5.39 Å². The lowest BCUT2D eigenvalue weighted by atomic mass is 9.91. The summed E-state index contributed by atoms with van der Waals surface area (Å²) in [6, 6.07) is 13.7. The van der Waals surface area contributed by atoms with Gasteiger partial charge in [-0.25, -0.2) is 9.49 Å². The van der Waals surface area contributed by atoms with Gasteiger partial charge in [-0.05, 0) is 62.4 Å². The minimum absolute atomic E-state index is 0.0928. The van der Waals surface area contributed by atoms with E-state index in [9.17, 15) is 14.3 Å². The highest BCUT2D eigenvalue weighted by molar-refractivity contribution is 6.02. The van der Waals surface area contributed by atoms with Gasteiger partial charge in [0.1, 0.15) is 11.3 Å². The quantitative estimate of drug-likeness (QED) is 0.231. The van der Waals surface area contributed by atoms with E-state index >= 15 is 0 Å². The third kappa shape index (κ3) is 5.07. The van der Waals surface area contributed by atoms with E-state index in [1.54, 1.807) is 37.3 Å². The van der Waals surface area contributed by atoms with Gasteiger partial charge in [-0.3, -0.25) is 10.1 Å². The zero-order chi connectivity index (χ0) is 25.9. The molecule has 1 fully saturated rings. The number of fused-ring (bicyclic) bond motifs is 1. The van der Waals surface area contributed by atoms with Crippen molar-refractivity contribution in [2.24, 2.45) is 0 Å². The Kier molecular flexibility index (Phi) is 6.95. The number of ether oxygens (including phenoxy) is 1. The van der Waals surface area contributed by atoms with E-state index in [1.165, 1.54) is 6.07 Å². The van der Waals surface area contributed by atoms with Gasteiger partial charge in [0, 0.05) is 23.8 Å². The average Bonchev–Trinajstić information content (AvgIpc) is 3.31. The average molecular weight is 502 g/mol. The number of benzene rings is 2. The van der Waals surface area contributed by atoms with E-state index in [-0.39, 0.29) is 29.2 Å². The Bertz CT molecular complexity index is 1530. The number of nitrogen functional groups attached to an aromatic ring is 1. The molecule has 190 valence electrons. The maximum atomic E-state index is 14.0. The molecule has 1 saturated carbocycles. The van der Waals surface area contributed by atoms with Crippen molar-refractivity contribution in [1.29, 1.82) is 0 Å². The third-order valence-electron chi connectivity index (χ3n) is 6.78. The summed E-state index contributed by atoms with van der Waals surface area (Å²) in [4.78, 5) is 12.9. The van der Waals surface area contributed by atoms with Crippen molar-refractivity contribution in [2.45, 2.75) is 50.9 Å². The zero-order valence-electron chi connectivity index (χ0n) is 20.4. The third-order valence-corrected chi connectivity index (χ3v) is 6.78. The molecule has 0 saturated heterocycles. The molecule has 2 heterocycles. The molecule has 37 heavy (non-hydrogen) atoms. The lowest BCUT2D eigenvalue weighted by Crippen LogP contribution is -2.40. The fourth-order valence-corrected chi connectivity index (χ4v) is 5.02. The van der Waals surface area contributed by atoms with Crippen molar-refractivity contribution >= 4 is 16.7 Å². The van der Waals surface area contributed by atoms with Crippen LogP contribution in [0.25, 0.3) is 22.0 Å². The molecule has 2 aromatic heterocycles. The van der Waals surface area contributed by atoms with E-state index in [4.69, 9.17) is 10.5 Å². The summed E-state index contributed by atoms with van der Waals surface area (Å²) in [5.41, 5.74) is 8.06. The number of aliphatic hydroxyl groups excluding tert-OH is 1. The highest BCUT2D eigenvalue weighted by Crippen LogP contribution is 2.38. The first-order valence-corrected chi connectivity index (χ1v) is 12.2. The van der Waals surface area contributed by atoms with Crippen LogP contribution in [0, 0.1) is 17.7 Å². The SMILES string of the molecule is CC#CC(O)N[C@H]1CC[C@@H](n2cc(-c3ccc(Oc4ccccc4F)cc3)c3c(N)n[nH]c(=O)c32)CC1. The summed E-state index contributed by atoms with van der Waals surface area (Å²) in [6.07, 6.45) is 4.44. The minimum atomic E-state index is -0.843. The molecule has 0 radical (unpaired) electrons. The van der Waals surface area contributed by atoms with Crippen molar-refractivity contribution in [3.63, 3.8) is 0 Å². The topological polar surface area (TPSA) is 118 Å². The van der Waals surface area contributed by atoms with Crippen molar-refractivity contribution in [2.75, 3.05) is 5.73 Å². The van der Waals surface area contributed by atoms with Gasteiger partial charge >= 0.3 is 0 Å². The summed E-state index contributed by atoms with van der Waals surface area (Å²) in [6.45, 7) is 1.69. The number of nitrogens with zero attached hydrogens (tertiary/aromatic N) is 2. The number of aromatic nitrogens is 3.